The second kappa shape index (κ2) is 7.24. The molecule has 1 unspecified atom stereocenters. The molecule has 20 heavy (non-hydrogen) atoms. The zero-order valence-corrected chi connectivity index (χ0v) is 12.4. The minimum atomic E-state index is -0.423. The Morgan fingerprint density at radius 1 is 1.35 bits per heavy atom. The summed E-state index contributed by atoms with van der Waals surface area (Å²) >= 11 is 0. The Kier molecular flexibility index (Phi) is 5.95. The van der Waals surface area contributed by atoms with E-state index in [1.54, 1.807) is 19.1 Å². The number of ether oxygens (including phenoxy) is 1. The van der Waals surface area contributed by atoms with Crippen LogP contribution >= 0.6 is 0 Å². The van der Waals surface area contributed by atoms with Crippen LogP contribution < -0.4 is 15.8 Å². The molecule has 1 amide bonds. The van der Waals surface area contributed by atoms with Crippen molar-refractivity contribution in [2.24, 2.45) is 11.7 Å². The van der Waals surface area contributed by atoms with Gasteiger partial charge in [-0.05, 0) is 25.8 Å². The molecule has 0 aromatic heterocycles. The summed E-state index contributed by atoms with van der Waals surface area (Å²) in [6.07, 6.45) is 0. The topological polar surface area (TPSA) is 64.3 Å². The van der Waals surface area contributed by atoms with Gasteiger partial charge in [0.1, 0.15) is 11.6 Å². The monoisotopic (exact) mass is 282 g/mol. The van der Waals surface area contributed by atoms with Crippen LogP contribution in [0.3, 0.4) is 0 Å². The molecule has 0 aliphatic heterocycles. The largest absolute Gasteiger partial charge is 0.484 e. The summed E-state index contributed by atoms with van der Waals surface area (Å²) in [5.41, 5.74) is 6.05. The van der Waals surface area contributed by atoms with Gasteiger partial charge in [-0.25, -0.2) is 4.39 Å². The van der Waals surface area contributed by atoms with E-state index < -0.39 is 5.82 Å². The van der Waals surface area contributed by atoms with Gasteiger partial charge in [-0.2, -0.15) is 0 Å². The van der Waals surface area contributed by atoms with Crippen molar-refractivity contribution in [3.8, 4) is 5.75 Å². The predicted molar refractivity (Wildman–Crippen MR) is 76.9 cm³/mol. The third-order valence-corrected chi connectivity index (χ3v) is 3.22. The smallest absolute Gasteiger partial charge is 0.258 e. The van der Waals surface area contributed by atoms with Crippen LogP contribution in [0, 0.1) is 11.7 Å². The SMILES string of the molecule is CC(C)C(C)NC(=O)COc1ccc([C@@H](C)N)c(F)c1. The molecule has 3 N–H and O–H groups in total. The van der Waals surface area contributed by atoms with Crippen molar-refractivity contribution >= 4 is 5.91 Å². The van der Waals surface area contributed by atoms with E-state index in [0.29, 0.717) is 17.2 Å². The van der Waals surface area contributed by atoms with Crippen LogP contribution in [0.25, 0.3) is 0 Å². The maximum absolute atomic E-state index is 13.7. The number of amides is 1. The lowest BCUT2D eigenvalue weighted by Gasteiger charge is -2.17. The molecule has 0 radical (unpaired) electrons. The fourth-order valence-electron chi connectivity index (χ4n) is 1.58. The third kappa shape index (κ3) is 4.81. The van der Waals surface area contributed by atoms with Crippen LogP contribution in [0.5, 0.6) is 5.75 Å². The van der Waals surface area contributed by atoms with Gasteiger partial charge >= 0.3 is 0 Å². The van der Waals surface area contributed by atoms with Crippen molar-refractivity contribution in [1.82, 2.24) is 5.32 Å². The first-order valence-corrected chi connectivity index (χ1v) is 6.78. The molecule has 0 saturated heterocycles. The van der Waals surface area contributed by atoms with Crippen LogP contribution in [0.2, 0.25) is 0 Å². The Bertz CT molecular complexity index is 461. The molecule has 1 aromatic carbocycles. The van der Waals surface area contributed by atoms with Gasteiger partial charge in [0, 0.05) is 23.7 Å². The molecule has 0 saturated carbocycles. The van der Waals surface area contributed by atoms with Crippen LogP contribution in [0.15, 0.2) is 18.2 Å². The van der Waals surface area contributed by atoms with Gasteiger partial charge in [0.05, 0.1) is 0 Å². The number of hydrogen-bond donors (Lipinski definition) is 2. The highest BCUT2D eigenvalue weighted by Crippen LogP contribution is 2.20. The Morgan fingerprint density at radius 2 is 2.00 bits per heavy atom. The molecule has 0 spiro atoms. The zero-order valence-electron chi connectivity index (χ0n) is 12.4. The zero-order chi connectivity index (χ0) is 15.3. The Hall–Kier alpha value is -1.62. The molecule has 112 valence electrons. The molecule has 0 fully saturated rings. The fourth-order valence-corrected chi connectivity index (χ4v) is 1.58. The summed E-state index contributed by atoms with van der Waals surface area (Å²) in [4.78, 5) is 11.6. The van der Waals surface area contributed by atoms with Crippen LogP contribution in [-0.2, 0) is 4.79 Å². The highest BCUT2D eigenvalue weighted by molar-refractivity contribution is 5.77. The number of halogens is 1. The van der Waals surface area contributed by atoms with E-state index in [2.05, 4.69) is 5.32 Å². The molecule has 0 bridgehead atoms. The minimum absolute atomic E-state index is 0.0725. The molecule has 1 aromatic rings. The van der Waals surface area contributed by atoms with Crippen molar-refractivity contribution in [3.05, 3.63) is 29.6 Å². The van der Waals surface area contributed by atoms with E-state index in [9.17, 15) is 9.18 Å². The Morgan fingerprint density at radius 3 is 2.50 bits per heavy atom. The number of hydrogen-bond acceptors (Lipinski definition) is 3. The number of rotatable bonds is 6. The molecular formula is C15H23FN2O2. The van der Waals surface area contributed by atoms with E-state index in [4.69, 9.17) is 10.5 Å². The molecule has 0 aliphatic carbocycles. The number of benzene rings is 1. The van der Waals surface area contributed by atoms with E-state index in [1.165, 1.54) is 6.07 Å². The van der Waals surface area contributed by atoms with E-state index in [-0.39, 0.29) is 24.6 Å². The number of nitrogens with one attached hydrogen (secondary N) is 1. The maximum Gasteiger partial charge on any atom is 0.258 e. The summed E-state index contributed by atoms with van der Waals surface area (Å²) in [6, 6.07) is 4.13. The van der Waals surface area contributed by atoms with Gasteiger partial charge in [-0.3, -0.25) is 4.79 Å². The third-order valence-electron chi connectivity index (χ3n) is 3.22. The molecule has 4 nitrogen and oxygen atoms in total. The highest BCUT2D eigenvalue weighted by atomic mass is 19.1. The van der Waals surface area contributed by atoms with Crippen molar-refractivity contribution in [3.63, 3.8) is 0 Å². The van der Waals surface area contributed by atoms with Gasteiger partial charge in [0.25, 0.3) is 5.91 Å². The summed E-state index contributed by atoms with van der Waals surface area (Å²) in [6.45, 7) is 7.55. The number of carbonyl (C=O) groups excluding carboxylic acids is 1. The van der Waals surface area contributed by atoms with E-state index >= 15 is 0 Å². The second-order valence-corrected chi connectivity index (χ2v) is 5.36. The van der Waals surface area contributed by atoms with Crippen LogP contribution in [0.4, 0.5) is 4.39 Å². The molecule has 0 aliphatic rings. The standard InChI is InChI=1S/C15H23FN2O2/c1-9(2)11(4)18-15(19)8-20-12-5-6-13(10(3)17)14(16)7-12/h5-7,9-11H,8,17H2,1-4H3,(H,18,19)/t10-,11?/m1/s1. The van der Waals surface area contributed by atoms with Gasteiger partial charge in [-0.1, -0.05) is 19.9 Å². The molecule has 0 heterocycles. The first-order valence-electron chi connectivity index (χ1n) is 6.78. The van der Waals surface area contributed by atoms with Gasteiger partial charge < -0.3 is 15.8 Å². The molecule has 2 atom stereocenters. The first-order chi connectivity index (χ1) is 9.31. The molecule has 5 heteroatoms. The van der Waals surface area contributed by atoms with Crippen LogP contribution in [0.1, 0.15) is 39.3 Å². The van der Waals surface area contributed by atoms with Gasteiger partial charge in [0.2, 0.25) is 0 Å². The number of carbonyl (C=O) groups is 1. The van der Waals surface area contributed by atoms with E-state index in [0.717, 1.165) is 0 Å². The maximum atomic E-state index is 13.7. The summed E-state index contributed by atoms with van der Waals surface area (Å²) < 4.78 is 19.0. The summed E-state index contributed by atoms with van der Waals surface area (Å²) in [5, 5.41) is 2.82. The van der Waals surface area contributed by atoms with Crippen LogP contribution in [-0.4, -0.2) is 18.6 Å². The van der Waals surface area contributed by atoms with Crippen molar-refractivity contribution in [1.29, 1.82) is 0 Å². The molecular weight excluding hydrogens is 259 g/mol. The highest BCUT2D eigenvalue weighted by Gasteiger charge is 2.12. The van der Waals surface area contributed by atoms with Gasteiger partial charge in [0.15, 0.2) is 6.61 Å². The average molecular weight is 282 g/mol. The minimum Gasteiger partial charge on any atom is -0.484 e. The van der Waals surface area contributed by atoms with Crippen molar-refractivity contribution in [2.45, 2.75) is 39.8 Å². The second-order valence-electron chi connectivity index (χ2n) is 5.36. The van der Waals surface area contributed by atoms with E-state index in [1.807, 2.05) is 20.8 Å². The average Bonchev–Trinajstić information content (AvgIpc) is 2.35. The Labute approximate surface area is 119 Å². The lowest BCUT2D eigenvalue weighted by molar-refractivity contribution is -0.124. The predicted octanol–water partition coefficient (Wildman–Crippen LogP) is 2.38. The van der Waals surface area contributed by atoms with Crippen molar-refractivity contribution < 1.29 is 13.9 Å². The van der Waals surface area contributed by atoms with Crippen molar-refractivity contribution in [2.75, 3.05) is 6.61 Å². The molecule has 1 rings (SSSR count). The van der Waals surface area contributed by atoms with Gasteiger partial charge in [-0.15, -0.1) is 0 Å². The summed E-state index contributed by atoms with van der Waals surface area (Å²) in [7, 11) is 0. The Balaban J connectivity index is 2.54. The quantitative estimate of drug-likeness (QED) is 0.842. The summed E-state index contributed by atoms with van der Waals surface area (Å²) in [5.74, 6) is 0.0253. The lowest BCUT2D eigenvalue weighted by atomic mass is 10.1. The fraction of sp³-hybridized carbons (Fsp3) is 0.533. The normalized spacial score (nSPS) is 13.9. The lowest BCUT2D eigenvalue weighted by Crippen LogP contribution is -2.38. The first kappa shape index (κ1) is 16.4. The number of nitrogens with two attached hydrogens (primary N) is 1.